The van der Waals surface area contributed by atoms with Gasteiger partial charge in [-0.15, -0.1) is 10.2 Å². The van der Waals surface area contributed by atoms with Gasteiger partial charge in [0, 0.05) is 5.69 Å². The second kappa shape index (κ2) is 9.14. The number of rotatable bonds is 6. The Hall–Kier alpha value is -3.45. The largest absolute Gasteiger partial charge is 0.325 e. The molecule has 1 amide bonds. The highest BCUT2D eigenvalue weighted by atomic mass is 32.2. The first-order chi connectivity index (χ1) is 15.0. The lowest BCUT2D eigenvalue weighted by atomic mass is 10.1. The van der Waals surface area contributed by atoms with Crippen LogP contribution in [-0.2, 0) is 4.79 Å². The van der Waals surface area contributed by atoms with Gasteiger partial charge in [0.1, 0.15) is 16.9 Å². The summed E-state index contributed by atoms with van der Waals surface area (Å²) in [5.74, 6) is 0.163. The van der Waals surface area contributed by atoms with E-state index >= 15 is 0 Å². The number of nitrogens with zero attached hydrogens (tertiary/aromatic N) is 3. The van der Waals surface area contributed by atoms with Crippen LogP contribution < -0.4 is 5.32 Å². The van der Waals surface area contributed by atoms with E-state index in [1.165, 1.54) is 23.9 Å². The minimum Gasteiger partial charge on any atom is -0.325 e. The van der Waals surface area contributed by atoms with Crippen LogP contribution in [0.3, 0.4) is 0 Å². The van der Waals surface area contributed by atoms with Gasteiger partial charge in [0.25, 0.3) is 0 Å². The molecule has 0 aliphatic heterocycles. The van der Waals surface area contributed by atoms with Crippen LogP contribution in [0.1, 0.15) is 22.2 Å². The van der Waals surface area contributed by atoms with Crippen LogP contribution in [0.4, 0.5) is 10.1 Å². The van der Waals surface area contributed by atoms with Crippen molar-refractivity contribution in [2.45, 2.75) is 24.3 Å². The van der Waals surface area contributed by atoms with E-state index < -0.39 is 5.25 Å². The number of para-hydroxylation sites is 1. The standard InChI is InChI=1S/C24H21FN4OS/c1-16-8-6-7-11-21(16)29-17(2)27-28-24(29)31-22(18-9-4-3-5-10-18)23(30)26-20-14-12-19(25)13-15-20/h3-15,22H,1-2H3,(H,26,30). The molecule has 0 saturated carbocycles. The molecule has 0 aliphatic rings. The van der Waals surface area contributed by atoms with Crippen molar-refractivity contribution >= 4 is 23.4 Å². The number of hydrogen-bond donors (Lipinski definition) is 1. The van der Waals surface area contributed by atoms with Gasteiger partial charge in [-0.1, -0.05) is 60.3 Å². The first-order valence-electron chi connectivity index (χ1n) is 9.79. The lowest BCUT2D eigenvalue weighted by molar-refractivity contribution is -0.115. The van der Waals surface area contributed by atoms with Crippen LogP contribution in [0.15, 0.2) is 84.0 Å². The van der Waals surface area contributed by atoms with Crippen molar-refractivity contribution in [3.05, 3.63) is 102 Å². The highest BCUT2D eigenvalue weighted by molar-refractivity contribution is 8.00. The number of thioether (sulfide) groups is 1. The summed E-state index contributed by atoms with van der Waals surface area (Å²) in [5.41, 5.74) is 3.42. The molecule has 7 heteroatoms. The predicted molar refractivity (Wildman–Crippen MR) is 121 cm³/mol. The number of amides is 1. The number of aromatic nitrogens is 3. The monoisotopic (exact) mass is 432 g/mol. The number of nitrogens with one attached hydrogen (secondary N) is 1. The third-order valence-electron chi connectivity index (χ3n) is 4.83. The third kappa shape index (κ3) is 4.67. The minimum atomic E-state index is -0.572. The summed E-state index contributed by atoms with van der Waals surface area (Å²) in [7, 11) is 0. The number of anilines is 1. The second-order valence-corrected chi connectivity index (χ2v) is 8.13. The number of halogens is 1. The zero-order valence-corrected chi connectivity index (χ0v) is 17.9. The highest BCUT2D eigenvalue weighted by Crippen LogP contribution is 2.37. The number of benzene rings is 3. The lowest BCUT2D eigenvalue weighted by Crippen LogP contribution is -2.19. The summed E-state index contributed by atoms with van der Waals surface area (Å²) in [5, 5.41) is 11.5. The van der Waals surface area contributed by atoms with Gasteiger partial charge in [0.2, 0.25) is 5.91 Å². The van der Waals surface area contributed by atoms with E-state index in [0.717, 1.165) is 22.6 Å². The Kier molecular flexibility index (Phi) is 6.13. The summed E-state index contributed by atoms with van der Waals surface area (Å²) >= 11 is 1.33. The minimum absolute atomic E-state index is 0.222. The second-order valence-electron chi connectivity index (χ2n) is 7.06. The lowest BCUT2D eigenvalue weighted by Gasteiger charge is -2.18. The maximum Gasteiger partial charge on any atom is 0.242 e. The number of aryl methyl sites for hydroxylation is 2. The Bertz CT molecular complexity index is 1190. The van der Waals surface area contributed by atoms with Gasteiger partial charge < -0.3 is 5.32 Å². The fourth-order valence-corrected chi connectivity index (χ4v) is 4.35. The molecular weight excluding hydrogens is 411 g/mol. The van der Waals surface area contributed by atoms with Gasteiger partial charge in [-0.3, -0.25) is 9.36 Å². The van der Waals surface area contributed by atoms with Gasteiger partial charge >= 0.3 is 0 Å². The molecule has 1 unspecified atom stereocenters. The maximum atomic E-state index is 13.2. The molecule has 156 valence electrons. The first-order valence-corrected chi connectivity index (χ1v) is 10.7. The molecule has 3 aromatic carbocycles. The number of carbonyl (C=O) groups is 1. The molecule has 0 fully saturated rings. The molecule has 1 N–H and O–H groups in total. The van der Waals surface area contributed by atoms with Crippen molar-refractivity contribution in [1.82, 2.24) is 14.8 Å². The van der Waals surface area contributed by atoms with Crippen LogP contribution >= 0.6 is 11.8 Å². The molecule has 0 spiro atoms. The Labute approximate surface area is 184 Å². The van der Waals surface area contributed by atoms with Crippen LogP contribution in [0.5, 0.6) is 0 Å². The SMILES string of the molecule is Cc1ccccc1-n1c(C)nnc1SC(C(=O)Nc1ccc(F)cc1)c1ccccc1. The van der Waals surface area contributed by atoms with Crippen molar-refractivity contribution in [3.63, 3.8) is 0 Å². The molecule has 0 bridgehead atoms. The molecule has 5 nitrogen and oxygen atoms in total. The molecule has 4 aromatic rings. The van der Waals surface area contributed by atoms with E-state index in [4.69, 9.17) is 0 Å². The molecule has 1 aromatic heterocycles. The average molecular weight is 433 g/mol. The predicted octanol–water partition coefficient (Wildman–Crippen LogP) is 5.50. The zero-order valence-electron chi connectivity index (χ0n) is 17.1. The van der Waals surface area contributed by atoms with Gasteiger partial charge in [-0.25, -0.2) is 4.39 Å². The normalized spacial score (nSPS) is 11.8. The van der Waals surface area contributed by atoms with Gasteiger partial charge in [0.05, 0.1) is 5.69 Å². The molecule has 1 heterocycles. The molecule has 0 saturated heterocycles. The van der Waals surface area contributed by atoms with Crippen LogP contribution in [0.25, 0.3) is 5.69 Å². The first kappa shape index (κ1) is 20.8. The topological polar surface area (TPSA) is 59.8 Å². The summed E-state index contributed by atoms with van der Waals surface area (Å²) in [4.78, 5) is 13.2. The summed E-state index contributed by atoms with van der Waals surface area (Å²) in [6.07, 6.45) is 0. The van der Waals surface area contributed by atoms with E-state index in [1.54, 1.807) is 12.1 Å². The number of hydrogen-bond acceptors (Lipinski definition) is 4. The van der Waals surface area contributed by atoms with Crippen molar-refractivity contribution in [3.8, 4) is 5.69 Å². The van der Waals surface area contributed by atoms with Crippen molar-refractivity contribution in [2.24, 2.45) is 0 Å². The fraction of sp³-hybridized carbons (Fsp3) is 0.125. The van der Waals surface area contributed by atoms with Crippen LogP contribution in [0.2, 0.25) is 0 Å². The van der Waals surface area contributed by atoms with Crippen LogP contribution in [-0.4, -0.2) is 20.7 Å². The van der Waals surface area contributed by atoms with Crippen molar-refractivity contribution < 1.29 is 9.18 Å². The molecule has 31 heavy (non-hydrogen) atoms. The van der Waals surface area contributed by atoms with Crippen molar-refractivity contribution in [1.29, 1.82) is 0 Å². The highest BCUT2D eigenvalue weighted by Gasteiger charge is 2.26. The van der Waals surface area contributed by atoms with E-state index in [2.05, 4.69) is 15.5 Å². The van der Waals surface area contributed by atoms with Gasteiger partial charge in [-0.05, 0) is 55.3 Å². The Balaban J connectivity index is 1.69. The molecule has 1 atom stereocenters. The van der Waals surface area contributed by atoms with E-state index in [-0.39, 0.29) is 11.7 Å². The van der Waals surface area contributed by atoms with Gasteiger partial charge in [0.15, 0.2) is 5.16 Å². The Morgan fingerprint density at radius 2 is 1.61 bits per heavy atom. The van der Waals surface area contributed by atoms with Gasteiger partial charge in [-0.2, -0.15) is 0 Å². The summed E-state index contributed by atoms with van der Waals surface area (Å²) in [6, 6.07) is 23.2. The zero-order chi connectivity index (χ0) is 21.8. The Morgan fingerprint density at radius 3 is 2.32 bits per heavy atom. The Morgan fingerprint density at radius 1 is 0.935 bits per heavy atom. The van der Waals surface area contributed by atoms with E-state index in [1.807, 2.05) is 73.0 Å². The maximum absolute atomic E-state index is 13.2. The summed E-state index contributed by atoms with van der Waals surface area (Å²) < 4.78 is 15.2. The average Bonchev–Trinajstić information content (AvgIpc) is 3.14. The third-order valence-corrected chi connectivity index (χ3v) is 6.02. The van der Waals surface area contributed by atoms with Crippen molar-refractivity contribution in [2.75, 3.05) is 5.32 Å². The summed E-state index contributed by atoms with van der Waals surface area (Å²) in [6.45, 7) is 3.92. The molecular formula is C24H21FN4OS. The fourth-order valence-electron chi connectivity index (χ4n) is 3.26. The number of carbonyl (C=O) groups excluding carboxylic acids is 1. The smallest absolute Gasteiger partial charge is 0.242 e. The molecule has 4 rings (SSSR count). The quantitative estimate of drug-likeness (QED) is 0.409. The van der Waals surface area contributed by atoms with E-state index in [9.17, 15) is 9.18 Å². The van der Waals surface area contributed by atoms with Crippen LogP contribution in [0, 0.1) is 19.7 Å². The van der Waals surface area contributed by atoms with E-state index in [0.29, 0.717) is 10.8 Å². The molecule has 0 aliphatic carbocycles. The molecule has 0 radical (unpaired) electrons.